The van der Waals surface area contributed by atoms with Gasteiger partial charge in [-0.3, -0.25) is 9.55 Å². The van der Waals surface area contributed by atoms with Gasteiger partial charge in [0.1, 0.15) is 5.69 Å². The Hall–Kier alpha value is -7.04. The third kappa shape index (κ3) is 4.28. The van der Waals surface area contributed by atoms with Crippen molar-refractivity contribution in [3.8, 4) is 34.0 Å². The first-order chi connectivity index (χ1) is 25.8. The lowest BCUT2D eigenvalue weighted by molar-refractivity contribution is 1.07. The van der Waals surface area contributed by atoms with Gasteiger partial charge in [-0.1, -0.05) is 103 Å². The van der Waals surface area contributed by atoms with Crippen LogP contribution in [-0.2, 0) is 0 Å². The van der Waals surface area contributed by atoms with E-state index < -0.39 is 0 Å². The number of fused-ring (bicyclic) bond motifs is 10. The summed E-state index contributed by atoms with van der Waals surface area (Å²) in [4.78, 5) is 9.63. The maximum absolute atomic E-state index is 4.99. The predicted octanol–water partition coefficient (Wildman–Crippen LogP) is 12.3. The lowest BCUT2D eigenvalue weighted by Crippen LogP contribution is -2.00. The van der Waals surface area contributed by atoms with Gasteiger partial charge in [0.25, 0.3) is 0 Å². The number of aromatic nitrogens is 4. The van der Waals surface area contributed by atoms with E-state index in [4.69, 9.17) is 4.98 Å². The second-order valence-corrected chi connectivity index (χ2v) is 13.4. The molecular formula is C48H30N4. The van der Waals surface area contributed by atoms with Crippen LogP contribution in [0.25, 0.3) is 99.2 Å². The normalized spacial score (nSPS) is 11.8. The number of para-hydroxylation sites is 3. The first-order valence-electron chi connectivity index (χ1n) is 17.7. The van der Waals surface area contributed by atoms with Gasteiger partial charge in [0.2, 0.25) is 0 Å². The average molecular weight is 663 g/mol. The standard InChI is InChI=1S/C48H30N4/c1-2-13-37-35(11-1)36-12-3-4-14-38(36)41-29-31(20-26-39(37)41)32-21-27-46-42(30-32)40-15-5-7-18-45(40)51(46)33-22-24-34(25-23-33)52-47-19-8-6-16-43(47)50-48(52)44-17-9-10-28-49-44/h1-30H. The van der Waals surface area contributed by atoms with Gasteiger partial charge >= 0.3 is 0 Å². The minimum Gasteiger partial charge on any atom is -0.309 e. The van der Waals surface area contributed by atoms with Gasteiger partial charge in [-0.15, -0.1) is 0 Å². The second kappa shape index (κ2) is 11.2. The molecule has 0 aliphatic rings. The fraction of sp³-hybridized carbons (Fsp3) is 0. The van der Waals surface area contributed by atoms with Crippen molar-refractivity contribution in [3.63, 3.8) is 0 Å². The van der Waals surface area contributed by atoms with E-state index in [1.807, 2.05) is 30.5 Å². The molecule has 3 aromatic heterocycles. The van der Waals surface area contributed by atoms with Gasteiger partial charge in [-0.05, 0) is 116 Å². The molecule has 11 aromatic rings. The SMILES string of the molecule is c1ccc(-c2nc3ccccc3n2-c2ccc(-n3c4ccccc4c4cc(-c5ccc6c7ccccc7c7ccccc7c6c5)ccc43)cc2)nc1. The maximum Gasteiger partial charge on any atom is 0.164 e. The van der Waals surface area contributed by atoms with Crippen LogP contribution in [0.15, 0.2) is 182 Å². The minimum absolute atomic E-state index is 0.828. The Labute approximate surface area is 299 Å². The molecule has 0 bridgehead atoms. The summed E-state index contributed by atoms with van der Waals surface area (Å²) in [6.07, 6.45) is 1.82. The van der Waals surface area contributed by atoms with Crippen LogP contribution in [0.1, 0.15) is 0 Å². The summed E-state index contributed by atoms with van der Waals surface area (Å²) in [6.45, 7) is 0. The van der Waals surface area contributed by atoms with E-state index in [0.717, 1.165) is 33.9 Å². The Kier molecular flexibility index (Phi) is 6.22. The lowest BCUT2D eigenvalue weighted by Gasteiger charge is -2.13. The van der Waals surface area contributed by atoms with Crippen LogP contribution < -0.4 is 0 Å². The Morgan fingerprint density at radius 3 is 1.56 bits per heavy atom. The van der Waals surface area contributed by atoms with Crippen LogP contribution in [0.5, 0.6) is 0 Å². The quantitative estimate of drug-likeness (QED) is 0.176. The first kappa shape index (κ1) is 28.8. The highest BCUT2D eigenvalue weighted by Crippen LogP contribution is 2.39. The first-order valence-corrected chi connectivity index (χ1v) is 17.7. The van der Waals surface area contributed by atoms with Crippen molar-refractivity contribution in [2.75, 3.05) is 0 Å². The molecule has 0 N–H and O–H groups in total. The molecule has 0 saturated carbocycles. The van der Waals surface area contributed by atoms with Gasteiger partial charge in [0.15, 0.2) is 5.82 Å². The van der Waals surface area contributed by atoms with Gasteiger partial charge in [-0.2, -0.15) is 0 Å². The maximum atomic E-state index is 4.99. The Morgan fingerprint density at radius 2 is 0.865 bits per heavy atom. The van der Waals surface area contributed by atoms with Gasteiger partial charge < -0.3 is 4.57 Å². The molecule has 0 atom stereocenters. The molecule has 0 aliphatic heterocycles. The summed E-state index contributed by atoms with van der Waals surface area (Å²) in [5, 5.41) is 10.2. The lowest BCUT2D eigenvalue weighted by atomic mass is 9.92. The molecule has 0 amide bonds. The highest BCUT2D eigenvalue weighted by molar-refractivity contribution is 6.25. The molecule has 3 heterocycles. The molecule has 11 rings (SSSR count). The van der Waals surface area contributed by atoms with E-state index in [9.17, 15) is 0 Å². The zero-order chi connectivity index (χ0) is 34.2. The third-order valence-electron chi connectivity index (χ3n) is 10.6. The topological polar surface area (TPSA) is 35.6 Å². The Balaban J connectivity index is 1.06. The fourth-order valence-electron chi connectivity index (χ4n) is 8.22. The molecule has 4 heteroatoms. The van der Waals surface area contributed by atoms with E-state index in [2.05, 4.69) is 166 Å². The third-order valence-corrected chi connectivity index (χ3v) is 10.6. The van der Waals surface area contributed by atoms with Crippen molar-refractivity contribution in [2.24, 2.45) is 0 Å². The summed E-state index contributed by atoms with van der Waals surface area (Å²) in [7, 11) is 0. The molecule has 0 aliphatic carbocycles. The molecule has 8 aromatic carbocycles. The summed E-state index contributed by atoms with van der Waals surface area (Å²) < 4.78 is 4.58. The second-order valence-electron chi connectivity index (χ2n) is 13.4. The van der Waals surface area contributed by atoms with Crippen LogP contribution in [0, 0.1) is 0 Å². The molecule has 52 heavy (non-hydrogen) atoms. The fourth-order valence-corrected chi connectivity index (χ4v) is 8.22. The van der Waals surface area contributed by atoms with Crippen molar-refractivity contribution in [2.45, 2.75) is 0 Å². The minimum atomic E-state index is 0.828. The zero-order valence-corrected chi connectivity index (χ0v) is 28.1. The molecule has 4 nitrogen and oxygen atoms in total. The Bertz CT molecular complexity index is 3130. The Morgan fingerprint density at radius 1 is 0.346 bits per heavy atom. The predicted molar refractivity (Wildman–Crippen MR) is 217 cm³/mol. The largest absolute Gasteiger partial charge is 0.309 e. The van der Waals surface area contributed by atoms with Crippen molar-refractivity contribution in [1.82, 2.24) is 19.1 Å². The van der Waals surface area contributed by atoms with E-state index in [-0.39, 0.29) is 0 Å². The monoisotopic (exact) mass is 662 g/mol. The molecule has 242 valence electrons. The van der Waals surface area contributed by atoms with Gasteiger partial charge in [0.05, 0.1) is 22.1 Å². The number of hydrogen-bond acceptors (Lipinski definition) is 2. The highest BCUT2D eigenvalue weighted by Gasteiger charge is 2.17. The van der Waals surface area contributed by atoms with Crippen LogP contribution in [0.2, 0.25) is 0 Å². The van der Waals surface area contributed by atoms with Crippen LogP contribution in [-0.4, -0.2) is 19.1 Å². The smallest absolute Gasteiger partial charge is 0.164 e. The zero-order valence-electron chi connectivity index (χ0n) is 28.1. The van der Waals surface area contributed by atoms with Crippen molar-refractivity contribution in [3.05, 3.63) is 182 Å². The summed E-state index contributed by atoms with van der Waals surface area (Å²) in [5.41, 5.74) is 9.76. The van der Waals surface area contributed by atoms with E-state index in [1.54, 1.807) is 0 Å². The van der Waals surface area contributed by atoms with Crippen LogP contribution in [0.3, 0.4) is 0 Å². The number of pyridine rings is 1. The number of imidazole rings is 1. The molecule has 0 fully saturated rings. The van der Waals surface area contributed by atoms with E-state index in [1.165, 1.54) is 65.3 Å². The number of nitrogens with zero attached hydrogens (tertiary/aromatic N) is 4. The number of benzene rings is 8. The highest BCUT2D eigenvalue weighted by atomic mass is 15.1. The molecule has 0 radical (unpaired) electrons. The van der Waals surface area contributed by atoms with Gasteiger partial charge in [0, 0.05) is 28.3 Å². The molecule has 0 unspecified atom stereocenters. The number of hydrogen-bond donors (Lipinski definition) is 0. The van der Waals surface area contributed by atoms with Crippen molar-refractivity contribution in [1.29, 1.82) is 0 Å². The molecule has 0 saturated heterocycles. The number of rotatable bonds is 4. The van der Waals surface area contributed by atoms with Crippen molar-refractivity contribution < 1.29 is 0 Å². The summed E-state index contributed by atoms with van der Waals surface area (Å²) in [5.74, 6) is 0.828. The molecule has 0 spiro atoms. The average Bonchev–Trinajstić information content (AvgIpc) is 3.77. The summed E-state index contributed by atoms with van der Waals surface area (Å²) >= 11 is 0. The van der Waals surface area contributed by atoms with Crippen molar-refractivity contribution >= 4 is 65.2 Å². The summed E-state index contributed by atoms with van der Waals surface area (Å²) in [6, 6.07) is 63.2. The van der Waals surface area contributed by atoms with Crippen LogP contribution in [0.4, 0.5) is 0 Å². The van der Waals surface area contributed by atoms with E-state index >= 15 is 0 Å². The van der Waals surface area contributed by atoms with Gasteiger partial charge in [-0.25, -0.2) is 4.98 Å². The van der Waals surface area contributed by atoms with Crippen LogP contribution >= 0.6 is 0 Å². The molecular weight excluding hydrogens is 633 g/mol. The van der Waals surface area contributed by atoms with E-state index in [0.29, 0.717) is 0 Å².